The summed E-state index contributed by atoms with van der Waals surface area (Å²) >= 11 is 0. The van der Waals surface area contributed by atoms with E-state index in [4.69, 9.17) is 9.47 Å². The minimum atomic E-state index is -0.114. The molecule has 4 amide bonds. The van der Waals surface area contributed by atoms with Crippen LogP contribution in [0.15, 0.2) is 48.5 Å². The Morgan fingerprint density at radius 2 is 1.20 bits per heavy atom. The molecule has 0 radical (unpaired) electrons. The second-order valence-electron chi connectivity index (χ2n) is 13.7. The molecule has 0 unspecified atom stereocenters. The molecule has 3 fully saturated rings. The lowest BCUT2D eigenvalue weighted by molar-refractivity contribution is 0.0705. The number of ether oxygens (including phenoxy) is 2. The predicted molar refractivity (Wildman–Crippen MR) is 175 cm³/mol. The van der Waals surface area contributed by atoms with Gasteiger partial charge in [0.2, 0.25) is 0 Å². The molecule has 1 saturated carbocycles. The third-order valence-corrected chi connectivity index (χ3v) is 9.42. The fraction of sp³-hybridized carbons (Fsp3) is 0.588. The van der Waals surface area contributed by atoms with Crippen LogP contribution in [0.25, 0.3) is 0 Å². The summed E-state index contributed by atoms with van der Waals surface area (Å²) < 4.78 is 11.1. The summed E-state index contributed by atoms with van der Waals surface area (Å²) in [5.41, 5.74) is 2.08. The number of benzene rings is 2. The molecule has 0 bridgehead atoms. The van der Waals surface area contributed by atoms with Crippen LogP contribution < -0.4 is 29.9 Å². The maximum absolute atomic E-state index is 13.4. The molecule has 2 aromatic carbocycles. The number of piperazine rings is 2. The minimum Gasteiger partial charge on any atom is -0.495 e. The molecule has 5 rings (SSSR count). The highest BCUT2D eigenvalue weighted by molar-refractivity contribution is 5.75. The number of nitrogens with one attached hydrogen (secondary N) is 2. The number of para-hydroxylation sites is 4. The van der Waals surface area contributed by atoms with E-state index in [1.54, 1.807) is 14.2 Å². The largest absolute Gasteiger partial charge is 0.495 e. The van der Waals surface area contributed by atoms with Gasteiger partial charge in [-0.2, -0.15) is 0 Å². The normalized spacial score (nSPS) is 23.6. The van der Waals surface area contributed by atoms with Gasteiger partial charge in [0.05, 0.1) is 25.6 Å². The van der Waals surface area contributed by atoms with Crippen LogP contribution in [0.1, 0.15) is 40.0 Å². The van der Waals surface area contributed by atoms with Crippen LogP contribution in [-0.2, 0) is 0 Å². The number of methoxy groups -OCH3 is 2. The monoisotopic (exact) mass is 606 g/mol. The molecule has 240 valence electrons. The molecule has 44 heavy (non-hydrogen) atoms. The fourth-order valence-electron chi connectivity index (χ4n) is 7.62. The van der Waals surface area contributed by atoms with Crippen molar-refractivity contribution in [3.05, 3.63) is 48.5 Å². The van der Waals surface area contributed by atoms with Crippen molar-refractivity contribution in [2.75, 3.05) is 82.9 Å². The van der Waals surface area contributed by atoms with Gasteiger partial charge in [-0.15, -0.1) is 0 Å². The van der Waals surface area contributed by atoms with Gasteiger partial charge >= 0.3 is 12.1 Å². The molecular weight excluding hydrogens is 556 g/mol. The summed E-state index contributed by atoms with van der Waals surface area (Å²) in [5, 5.41) is 6.61. The fourth-order valence-corrected chi connectivity index (χ4v) is 7.62. The van der Waals surface area contributed by atoms with E-state index in [0.717, 1.165) is 68.3 Å². The van der Waals surface area contributed by atoms with E-state index >= 15 is 0 Å². The summed E-state index contributed by atoms with van der Waals surface area (Å²) in [6.07, 6.45) is 2.76. The molecule has 2 saturated heterocycles. The standard InChI is InChI=1S/C34H50N6O4/c1-33(2)22-26(36-32(42)40-20-16-38(17-21-40)28-11-7-9-13-30(28)44-5)23-34(3,24-33)25-35-31(41)39-18-14-37(15-19-39)27-10-6-8-12-29(27)43-4/h6-13,26H,14-25H2,1-5H3,(H,35,41)(H,36,42)/t26-,34+/m0/s1. The zero-order chi connectivity index (χ0) is 31.3. The Kier molecular flexibility index (Phi) is 9.65. The van der Waals surface area contributed by atoms with E-state index < -0.39 is 0 Å². The Morgan fingerprint density at radius 3 is 1.70 bits per heavy atom. The predicted octanol–water partition coefficient (Wildman–Crippen LogP) is 4.65. The lowest BCUT2D eigenvalue weighted by atomic mass is 9.62. The van der Waals surface area contributed by atoms with Crippen LogP contribution >= 0.6 is 0 Å². The van der Waals surface area contributed by atoms with Gasteiger partial charge in [0.25, 0.3) is 0 Å². The third kappa shape index (κ3) is 7.45. The molecule has 2 heterocycles. The van der Waals surface area contributed by atoms with Crippen molar-refractivity contribution >= 4 is 23.4 Å². The SMILES string of the molecule is COc1ccccc1N1CCN(C(=O)NC[C@]2(C)C[C@@H](NC(=O)N3CCN(c4ccccc4OC)CC3)CC(C)(C)C2)CC1. The molecule has 2 atom stereocenters. The van der Waals surface area contributed by atoms with Gasteiger partial charge in [-0.1, -0.05) is 45.0 Å². The van der Waals surface area contributed by atoms with Gasteiger partial charge in [0.15, 0.2) is 0 Å². The van der Waals surface area contributed by atoms with E-state index in [2.05, 4.69) is 53.3 Å². The van der Waals surface area contributed by atoms with Crippen molar-refractivity contribution in [3.8, 4) is 11.5 Å². The number of hydrogen-bond acceptors (Lipinski definition) is 6. The zero-order valence-corrected chi connectivity index (χ0v) is 27.1. The van der Waals surface area contributed by atoms with Crippen LogP contribution in [0.3, 0.4) is 0 Å². The molecular formula is C34H50N6O4. The Hall–Kier alpha value is -3.82. The van der Waals surface area contributed by atoms with Crippen molar-refractivity contribution in [1.82, 2.24) is 20.4 Å². The minimum absolute atomic E-state index is 0.00618. The van der Waals surface area contributed by atoms with Crippen LogP contribution in [0.2, 0.25) is 0 Å². The Balaban J connectivity index is 1.11. The van der Waals surface area contributed by atoms with E-state index in [-0.39, 0.29) is 28.9 Å². The molecule has 10 nitrogen and oxygen atoms in total. The number of nitrogens with zero attached hydrogens (tertiary/aromatic N) is 4. The Labute approximate surface area is 262 Å². The molecule has 1 aliphatic carbocycles. The van der Waals surface area contributed by atoms with Crippen LogP contribution in [-0.4, -0.2) is 101 Å². The van der Waals surface area contributed by atoms with Gasteiger partial charge in [-0.05, 0) is 54.4 Å². The number of rotatable bonds is 7. The molecule has 3 aliphatic rings. The first kappa shape index (κ1) is 31.6. The summed E-state index contributed by atoms with van der Waals surface area (Å²) in [4.78, 5) is 35.0. The number of carbonyl (C=O) groups excluding carboxylic acids is 2. The molecule has 2 N–H and O–H groups in total. The first-order valence-corrected chi connectivity index (χ1v) is 15.9. The highest BCUT2D eigenvalue weighted by atomic mass is 16.5. The van der Waals surface area contributed by atoms with Gasteiger partial charge in [0.1, 0.15) is 11.5 Å². The number of carbonyl (C=O) groups is 2. The summed E-state index contributed by atoms with van der Waals surface area (Å²) in [6, 6.07) is 16.1. The van der Waals surface area contributed by atoms with E-state index in [1.165, 1.54) is 0 Å². The zero-order valence-electron chi connectivity index (χ0n) is 27.1. The number of hydrogen-bond donors (Lipinski definition) is 2. The van der Waals surface area contributed by atoms with Crippen LogP contribution in [0.4, 0.5) is 21.0 Å². The van der Waals surface area contributed by atoms with Gasteiger partial charge in [0, 0.05) is 64.9 Å². The molecule has 2 aromatic rings. The Bertz CT molecular complexity index is 1290. The maximum atomic E-state index is 13.4. The maximum Gasteiger partial charge on any atom is 0.317 e. The average Bonchev–Trinajstić information content (AvgIpc) is 3.02. The smallest absolute Gasteiger partial charge is 0.317 e. The van der Waals surface area contributed by atoms with Gasteiger partial charge < -0.3 is 39.7 Å². The van der Waals surface area contributed by atoms with Crippen molar-refractivity contribution < 1.29 is 19.1 Å². The van der Waals surface area contributed by atoms with Gasteiger partial charge in [-0.25, -0.2) is 9.59 Å². The van der Waals surface area contributed by atoms with Crippen LogP contribution in [0.5, 0.6) is 11.5 Å². The van der Waals surface area contributed by atoms with Crippen molar-refractivity contribution in [1.29, 1.82) is 0 Å². The second-order valence-corrected chi connectivity index (χ2v) is 13.7. The van der Waals surface area contributed by atoms with Gasteiger partial charge in [-0.3, -0.25) is 0 Å². The number of urea groups is 2. The lowest BCUT2D eigenvalue weighted by Gasteiger charge is -2.47. The molecule has 2 aliphatic heterocycles. The van der Waals surface area contributed by atoms with Crippen molar-refractivity contribution in [2.24, 2.45) is 10.8 Å². The van der Waals surface area contributed by atoms with Crippen molar-refractivity contribution in [3.63, 3.8) is 0 Å². The van der Waals surface area contributed by atoms with Crippen LogP contribution in [0, 0.1) is 10.8 Å². The van der Waals surface area contributed by atoms with E-state index in [1.807, 2.05) is 46.2 Å². The van der Waals surface area contributed by atoms with E-state index in [0.29, 0.717) is 32.7 Å². The molecule has 10 heteroatoms. The van der Waals surface area contributed by atoms with E-state index in [9.17, 15) is 9.59 Å². The quantitative estimate of drug-likeness (QED) is 0.477. The summed E-state index contributed by atoms with van der Waals surface area (Å²) in [7, 11) is 3.38. The highest BCUT2D eigenvalue weighted by Crippen LogP contribution is 2.46. The third-order valence-electron chi connectivity index (χ3n) is 9.42. The molecule has 0 aromatic heterocycles. The number of amides is 4. The first-order chi connectivity index (χ1) is 21.1. The summed E-state index contributed by atoms with van der Waals surface area (Å²) in [6.45, 7) is 13.1. The first-order valence-electron chi connectivity index (χ1n) is 15.9. The Morgan fingerprint density at radius 1 is 0.727 bits per heavy atom. The highest BCUT2D eigenvalue weighted by Gasteiger charge is 2.42. The topological polar surface area (TPSA) is 89.6 Å². The second kappa shape index (κ2) is 13.4. The molecule has 0 spiro atoms. The lowest BCUT2D eigenvalue weighted by Crippen LogP contribution is -2.57. The van der Waals surface area contributed by atoms with Crippen molar-refractivity contribution in [2.45, 2.75) is 46.1 Å². The summed E-state index contributed by atoms with van der Waals surface area (Å²) in [5.74, 6) is 1.71. The average molecular weight is 607 g/mol. The number of anilines is 2.